The number of benzene rings is 1. The zero-order valence-electron chi connectivity index (χ0n) is 13.5. The van der Waals surface area contributed by atoms with Gasteiger partial charge in [0.1, 0.15) is 5.69 Å². The molecule has 0 aromatic heterocycles. The third kappa shape index (κ3) is 5.26. The summed E-state index contributed by atoms with van der Waals surface area (Å²) in [6.45, 7) is 1.84. The highest BCUT2D eigenvalue weighted by Gasteiger charge is 2.21. The first-order chi connectivity index (χ1) is 11.6. The standard InChI is InChI=1S/C16H22ClN3O4/c17-8-5-11-24-16(21)18-13-6-7-14(15(12-13)20(22)23)19-9-3-1-2-4-10-19/h6-7,12H,1-5,8-11H2,(H,18,21). The predicted octanol–water partition coefficient (Wildman–Crippen LogP) is 4.15. The number of nitrogens with zero attached hydrogens (tertiary/aromatic N) is 2. The van der Waals surface area contributed by atoms with E-state index in [2.05, 4.69) is 5.32 Å². The molecule has 7 nitrogen and oxygen atoms in total. The Balaban J connectivity index is 2.11. The molecule has 1 saturated heterocycles. The van der Waals surface area contributed by atoms with Gasteiger partial charge < -0.3 is 9.64 Å². The van der Waals surface area contributed by atoms with Crippen molar-refractivity contribution in [3.8, 4) is 0 Å². The van der Waals surface area contributed by atoms with Crippen LogP contribution in [0.15, 0.2) is 18.2 Å². The number of hydrogen-bond acceptors (Lipinski definition) is 5. The van der Waals surface area contributed by atoms with Crippen LogP contribution in [0.4, 0.5) is 21.9 Å². The fourth-order valence-corrected chi connectivity index (χ4v) is 2.81. The molecule has 1 aliphatic rings. The van der Waals surface area contributed by atoms with E-state index >= 15 is 0 Å². The highest BCUT2D eigenvalue weighted by atomic mass is 35.5. The van der Waals surface area contributed by atoms with Crippen LogP contribution in [0.3, 0.4) is 0 Å². The molecule has 8 heteroatoms. The van der Waals surface area contributed by atoms with Crippen molar-refractivity contribution in [2.75, 3.05) is 35.8 Å². The number of alkyl halides is 1. The molecule has 0 radical (unpaired) electrons. The Bertz CT molecular complexity index is 574. The molecule has 1 aromatic carbocycles. The average Bonchev–Trinajstić information content (AvgIpc) is 2.84. The zero-order valence-corrected chi connectivity index (χ0v) is 14.3. The van der Waals surface area contributed by atoms with Crippen molar-refractivity contribution in [1.29, 1.82) is 0 Å². The van der Waals surface area contributed by atoms with E-state index in [9.17, 15) is 14.9 Å². The Morgan fingerprint density at radius 2 is 2.00 bits per heavy atom. The molecule has 1 heterocycles. The first-order valence-corrected chi connectivity index (χ1v) is 8.68. The Morgan fingerprint density at radius 3 is 2.62 bits per heavy atom. The van der Waals surface area contributed by atoms with E-state index in [1.807, 2.05) is 4.90 Å². The molecule has 1 aromatic rings. The molecular formula is C16H22ClN3O4. The van der Waals surface area contributed by atoms with Crippen LogP contribution in [0.5, 0.6) is 0 Å². The summed E-state index contributed by atoms with van der Waals surface area (Å²) in [6.07, 6.45) is 4.28. The summed E-state index contributed by atoms with van der Waals surface area (Å²) < 4.78 is 4.94. The van der Waals surface area contributed by atoms with Crippen LogP contribution >= 0.6 is 11.6 Å². The van der Waals surface area contributed by atoms with Crippen molar-refractivity contribution in [3.05, 3.63) is 28.3 Å². The molecule has 2 rings (SSSR count). The normalized spacial score (nSPS) is 14.8. The molecular weight excluding hydrogens is 334 g/mol. The molecule has 0 aliphatic carbocycles. The molecule has 0 bridgehead atoms. The van der Waals surface area contributed by atoms with E-state index in [1.165, 1.54) is 6.07 Å². The van der Waals surface area contributed by atoms with Crippen molar-refractivity contribution in [3.63, 3.8) is 0 Å². The summed E-state index contributed by atoms with van der Waals surface area (Å²) in [4.78, 5) is 24.7. The van der Waals surface area contributed by atoms with Gasteiger partial charge in [0.2, 0.25) is 0 Å². The topological polar surface area (TPSA) is 84.7 Å². The van der Waals surface area contributed by atoms with Crippen LogP contribution in [0.2, 0.25) is 0 Å². The van der Waals surface area contributed by atoms with Crippen LogP contribution < -0.4 is 10.2 Å². The van der Waals surface area contributed by atoms with Gasteiger partial charge >= 0.3 is 6.09 Å². The van der Waals surface area contributed by atoms with Crippen molar-refractivity contribution in [2.45, 2.75) is 32.1 Å². The Hall–Kier alpha value is -2.02. The second-order valence-electron chi connectivity index (χ2n) is 5.67. The zero-order chi connectivity index (χ0) is 17.4. The van der Waals surface area contributed by atoms with Crippen molar-refractivity contribution < 1.29 is 14.5 Å². The van der Waals surface area contributed by atoms with Crippen LogP contribution in [-0.4, -0.2) is 36.6 Å². The minimum atomic E-state index is -0.642. The monoisotopic (exact) mass is 355 g/mol. The Morgan fingerprint density at radius 1 is 1.29 bits per heavy atom. The minimum Gasteiger partial charge on any atom is -0.449 e. The van der Waals surface area contributed by atoms with Gasteiger partial charge in [0, 0.05) is 25.0 Å². The molecule has 1 amide bonds. The molecule has 0 saturated carbocycles. The summed E-state index contributed by atoms with van der Waals surface area (Å²) in [7, 11) is 0. The average molecular weight is 356 g/mol. The molecule has 0 unspecified atom stereocenters. The molecule has 1 N–H and O–H groups in total. The molecule has 0 atom stereocenters. The van der Waals surface area contributed by atoms with Gasteiger partial charge in [0.25, 0.3) is 5.69 Å². The predicted molar refractivity (Wildman–Crippen MR) is 94.1 cm³/mol. The van der Waals surface area contributed by atoms with E-state index in [4.69, 9.17) is 16.3 Å². The van der Waals surface area contributed by atoms with Crippen LogP contribution in [0, 0.1) is 10.1 Å². The third-order valence-electron chi connectivity index (χ3n) is 3.88. The molecule has 132 valence electrons. The van der Waals surface area contributed by atoms with Gasteiger partial charge in [-0.15, -0.1) is 11.6 Å². The maximum atomic E-state index is 11.6. The van der Waals surface area contributed by atoms with E-state index in [1.54, 1.807) is 12.1 Å². The second-order valence-corrected chi connectivity index (χ2v) is 6.04. The molecule has 0 spiro atoms. The lowest BCUT2D eigenvalue weighted by atomic mass is 10.2. The van der Waals surface area contributed by atoms with Gasteiger partial charge in [-0.05, 0) is 31.4 Å². The van der Waals surface area contributed by atoms with Gasteiger partial charge in [-0.2, -0.15) is 0 Å². The number of nitro benzene ring substituents is 1. The smallest absolute Gasteiger partial charge is 0.411 e. The Kier molecular flexibility index (Phi) is 7.11. The lowest BCUT2D eigenvalue weighted by molar-refractivity contribution is -0.384. The van der Waals surface area contributed by atoms with Crippen molar-refractivity contribution >= 4 is 34.8 Å². The number of nitrogens with one attached hydrogen (secondary N) is 1. The van der Waals surface area contributed by atoms with E-state index in [0.29, 0.717) is 23.7 Å². The fraction of sp³-hybridized carbons (Fsp3) is 0.562. The number of anilines is 2. The number of carbonyl (C=O) groups excluding carboxylic acids is 1. The highest BCUT2D eigenvalue weighted by molar-refractivity contribution is 6.17. The molecule has 1 aliphatic heterocycles. The number of amides is 1. The summed E-state index contributed by atoms with van der Waals surface area (Å²) in [5.41, 5.74) is 0.939. The first kappa shape index (κ1) is 18.3. The number of ether oxygens (including phenoxy) is 1. The van der Waals surface area contributed by atoms with Crippen molar-refractivity contribution in [2.24, 2.45) is 0 Å². The lowest BCUT2D eigenvalue weighted by Gasteiger charge is -2.22. The maximum Gasteiger partial charge on any atom is 0.411 e. The van der Waals surface area contributed by atoms with Crippen LogP contribution in [0.1, 0.15) is 32.1 Å². The molecule has 1 fully saturated rings. The number of nitro groups is 1. The van der Waals surface area contributed by atoms with E-state index in [0.717, 1.165) is 38.8 Å². The summed E-state index contributed by atoms with van der Waals surface area (Å²) in [5, 5.41) is 13.9. The van der Waals surface area contributed by atoms with Crippen molar-refractivity contribution in [1.82, 2.24) is 0 Å². The fourth-order valence-electron chi connectivity index (χ4n) is 2.70. The number of hydrogen-bond donors (Lipinski definition) is 1. The number of halogens is 1. The lowest BCUT2D eigenvalue weighted by Crippen LogP contribution is -2.24. The second kappa shape index (κ2) is 9.32. The largest absolute Gasteiger partial charge is 0.449 e. The summed E-state index contributed by atoms with van der Waals surface area (Å²) in [6, 6.07) is 4.73. The Labute approximate surface area is 146 Å². The maximum absolute atomic E-state index is 11.6. The SMILES string of the molecule is O=C(Nc1ccc(N2CCCCCC2)c([N+](=O)[O-])c1)OCCCCl. The van der Waals surface area contributed by atoms with Gasteiger partial charge in [0.05, 0.1) is 17.2 Å². The summed E-state index contributed by atoms with van der Waals surface area (Å²) >= 11 is 5.51. The van der Waals surface area contributed by atoms with E-state index in [-0.39, 0.29) is 12.3 Å². The first-order valence-electron chi connectivity index (χ1n) is 8.15. The van der Waals surface area contributed by atoms with Gasteiger partial charge in [-0.3, -0.25) is 15.4 Å². The molecule has 24 heavy (non-hydrogen) atoms. The quantitative estimate of drug-likeness (QED) is 0.358. The van der Waals surface area contributed by atoms with Gasteiger partial charge in [-0.25, -0.2) is 4.79 Å². The minimum absolute atomic E-state index is 0.00421. The highest BCUT2D eigenvalue weighted by Crippen LogP contribution is 2.32. The number of carbonyl (C=O) groups is 1. The third-order valence-corrected chi connectivity index (χ3v) is 4.14. The van der Waals surface area contributed by atoms with Crippen LogP contribution in [-0.2, 0) is 4.74 Å². The van der Waals surface area contributed by atoms with Gasteiger partial charge in [0.15, 0.2) is 0 Å². The van der Waals surface area contributed by atoms with E-state index < -0.39 is 11.0 Å². The van der Waals surface area contributed by atoms with Gasteiger partial charge in [-0.1, -0.05) is 12.8 Å². The van der Waals surface area contributed by atoms with Crippen LogP contribution in [0.25, 0.3) is 0 Å². The summed E-state index contributed by atoms with van der Waals surface area (Å²) in [5.74, 6) is 0.406. The number of rotatable bonds is 6.